The van der Waals surface area contributed by atoms with Crippen LogP contribution in [0, 0.1) is 5.92 Å². The molecule has 1 atom stereocenters. The lowest BCUT2D eigenvalue weighted by atomic mass is 9.99. The molecule has 1 saturated heterocycles. The minimum atomic E-state index is 0.901. The first kappa shape index (κ1) is 18.0. The summed E-state index contributed by atoms with van der Waals surface area (Å²) in [4.78, 5) is 2.68. The Morgan fingerprint density at radius 2 is 1.65 bits per heavy atom. The molecule has 20 heavy (non-hydrogen) atoms. The summed E-state index contributed by atoms with van der Waals surface area (Å²) in [6.45, 7) is 11.0. The molecule has 1 N–H and O–H groups in total. The highest BCUT2D eigenvalue weighted by atomic mass is 15.1. The maximum Gasteiger partial charge on any atom is 0.00217 e. The number of unbranched alkanes of at least 4 members (excludes halogenated alkanes) is 7. The van der Waals surface area contributed by atoms with Crippen molar-refractivity contribution in [2.45, 2.75) is 78.1 Å². The molecular formula is C18H38N2. The van der Waals surface area contributed by atoms with Gasteiger partial charge in [-0.2, -0.15) is 0 Å². The molecule has 2 nitrogen and oxygen atoms in total. The van der Waals surface area contributed by atoms with Gasteiger partial charge in [0.1, 0.15) is 0 Å². The van der Waals surface area contributed by atoms with Crippen molar-refractivity contribution in [2.75, 3.05) is 32.7 Å². The van der Waals surface area contributed by atoms with Crippen molar-refractivity contribution in [2.24, 2.45) is 5.92 Å². The van der Waals surface area contributed by atoms with E-state index in [1.54, 1.807) is 0 Å². The van der Waals surface area contributed by atoms with Crippen LogP contribution in [0.5, 0.6) is 0 Å². The van der Waals surface area contributed by atoms with Gasteiger partial charge in [0.2, 0.25) is 0 Å². The van der Waals surface area contributed by atoms with Gasteiger partial charge < -0.3 is 10.2 Å². The van der Waals surface area contributed by atoms with Crippen molar-refractivity contribution in [3.05, 3.63) is 0 Å². The lowest BCUT2D eigenvalue weighted by Crippen LogP contribution is -2.38. The Bertz CT molecular complexity index is 200. The van der Waals surface area contributed by atoms with E-state index in [1.165, 1.54) is 96.9 Å². The molecular weight excluding hydrogens is 244 g/mol. The molecule has 2 heteroatoms. The molecule has 0 aliphatic carbocycles. The fourth-order valence-corrected chi connectivity index (χ4v) is 3.29. The van der Waals surface area contributed by atoms with E-state index in [0.29, 0.717) is 0 Å². The number of rotatable bonds is 12. The van der Waals surface area contributed by atoms with Crippen LogP contribution < -0.4 is 5.32 Å². The van der Waals surface area contributed by atoms with E-state index >= 15 is 0 Å². The first-order chi connectivity index (χ1) is 9.86. The van der Waals surface area contributed by atoms with Gasteiger partial charge in [-0.1, -0.05) is 58.8 Å². The number of nitrogens with one attached hydrogen (secondary N) is 1. The Morgan fingerprint density at radius 1 is 0.950 bits per heavy atom. The summed E-state index contributed by atoms with van der Waals surface area (Å²) in [5, 5.41) is 3.54. The Morgan fingerprint density at radius 3 is 2.25 bits per heavy atom. The summed E-state index contributed by atoms with van der Waals surface area (Å²) >= 11 is 0. The van der Waals surface area contributed by atoms with Crippen molar-refractivity contribution in [3.63, 3.8) is 0 Å². The van der Waals surface area contributed by atoms with Crippen LogP contribution >= 0.6 is 0 Å². The molecule has 0 aromatic heterocycles. The van der Waals surface area contributed by atoms with E-state index in [4.69, 9.17) is 0 Å². The zero-order valence-electron chi connectivity index (χ0n) is 14.1. The van der Waals surface area contributed by atoms with Gasteiger partial charge in [-0.3, -0.25) is 0 Å². The van der Waals surface area contributed by atoms with Crippen molar-refractivity contribution < 1.29 is 0 Å². The highest BCUT2D eigenvalue weighted by Gasteiger charge is 2.15. The van der Waals surface area contributed by atoms with Crippen LogP contribution in [0.25, 0.3) is 0 Å². The smallest absolute Gasteiger partial charge is 0.00217 e. The predicted molar refractivity (Wildman–Crippen MR) is 90.3 cm³/mol. The van der Waals surface area contributed by atoms with E-state index in [1.807, 2.05) is 0 Å². The van der Waals surface area contributed by atoms with E-state index < -0.39 is 0 Å². The number of hydrogen-bond donors (Lipinski definition) is 1. The highest BCUT2D eigenvalue weighted by molar-refractivity contribution is 4.72. The first-order valence-electron chi connectivity index (χ1n) is 9.29. The second-order valence-electron chi connectivity index (χ2n) is 6.58. The quantitative estimate of drug-likeness (QED) is 0.532. The highest BCUT2D eigenvalue weighted by Crippen LogP contribution is 2.13. The van der Waals surface area contributed by atoms with E-state index in [2.05, 4.69) is 24.1 Å². The largest absolute Gasteiger partial charge is 0.316 e. The van der Waals surface area contributed by atoms with Gasteiger partial charge in [-0.25, -0.2) is 0 Å². The molecule has 1 aliphatic rings. The average Bonchev–Trinajstić information content (AvgIpc) is 2.49. The molecule has 0 bridgehead atoms. The maximum absolute atomic E-state index is 3.54. The van der Waals surface area contributed by atoms with Gasteiger partial charge in [0.25, 0.3) is 0 Å². The number of nitrogens with zero attached hydrogens (tertiary/aromatic N) is 1. The molecule has 1 unspecified atom stereocenters. The Balaban J connectivity index is 1.94. The summed E-state index contributed by atoms with van der Waals surface area (Å²) in [5.41, 5.74) is 0. The number of hydrogen-bond acceptors (Lipinski definition) is 2. The fraction of sp³-hybridized carbons (Fsp3) is 1.00. The van der Waals surface area contributed by atoms with Crippen LogP contribution in [0.2, 0.25) is 0 Å². The zero-order valence-corrected chi connectivity index (χ0v) is 14.1. The van der Waals surface area contributed by atoms with Gasteiger partial charge in [0, 0.05) is 6.54 Å². The van der Waals surface area contributed by atoms with Gasteiger partial charge in [0.05, 0.1) is 0 Å². The zero-order chi connectivity index (χ0) is 14.5. The second kappa shape index (κ2) is 12.6. The molecule has 0 amide bonds. The second-order valence-corrected chi connectivity index (χ2v) is 6.58. The van der Waals surface area contributed by atoms with Crippen LogP contribution in [-0.2, 0) is 0 Å². The standard InChI is InChI=1S/C18H38N2/c1-3-5-6-7-8-9-10-11-15-20(4-2)17-18-13-12-14-19-16-18/h18-19H,3-17H2,1-2H3. The van der Waals surface area contributed by atoms with Crippen molar-refractivity contribution in [1.82, 2.24) is 10.2 Å². The van der Waals surface area contributed by atoms with Gasteiger partial charge in [-0.15, -0.1) is 0 Å². The lowest BCUT2D eigenvalue weighted by molar-refractivity contribution is 0.212. The van der Waals surface area contributed by atoms with E-state index in [9.17, 15) is 0 Å². The normalized spacial score (nSPS) is 19.6. The Hall–Kier alpha value is -0.0800. The molecule has 1 aliphatic heterocycles. The van der Waals surface area contributed by atoms with Crippen LogP contribution in [0.15, 0.2) is 0 Å². The molecule has 120 valence electrons. The lowest BCUT2D eigenvalue weighted by Gasteiger charge is -2.29. The van der Waals surface area contributed by atoms with Crippen LogP contribution in [0.1, 0.15) is 78.1 Å². The molecule has 1 heterocycles. The predicted octanol–water partition coefficient (Wildman–Crippen LogP) is 4.45. The summed E-state index contributed by atoms with van der Waals surface area (Å²) < 4.78 is 0. The Labute approximate surface area is 127 Å². The molecule has 0 spiro atoms. The third kappa shape index (κ3) is 8.97. The van der Waals surface area contributed by atoms with Gasteiger partial charge in [-0.05, 0) is 51.4 Å². The monoisotopic (exact) mass is 282 g/mol. The van der Waals surface area contributed by atoms with Crippen LogP contribution in [0.4, 0.5) is 0 Å². The van der Waals surface area contributed by atoms with Gasteiger partial charge >= 0.3 is 0 Å². The van der Waals surface area contributed by atoms with E-state index in [-0.39, 0.29) is 0 Å². The molecule has 0 saturated carbocycles. The summed E-state index contributed by atoms with van der Waals surface area (Å²) in [6.07, 6.45) is 14.3. The maximum atomic E-state index is 3.54. The molecule has 1 fully saturated rings. The molecule has 0 aromatic rings. The number of piperidine rings is 1. The van der Waals surface area contributed by atoms with Crippen molar-refractivity contribution >= 4 is 0 Å². The van der Waals surface area contributed by atoms with E-state index in [0.717, 1.165) is 5.92 Å². The molecule has 1 rings (SSSR count). The topological polar surface area (TPSA) is 15.3 Å². The van der Waals surface area contributed by atoms with Crippen molar-refractivity contribution in [1.29, 1.82) is 0 Å². The van der Waals surface area contributed by atoms with Crippen molar-refractivity contribution in [3.8, 4) is 0 Å². The van der Waals surface area contributed by atoms with Gasteiger partial charge in [0.15, 0.2) is 0 Å². The SMILES string of the molecule is CCCCCCCCCCN(CC)CC1CCCNC1. The first-order valence-corrected chi connectivity index (χ1v) is 9.29. The fourth-order valence-electron chi connectivity index (χ4n) is 3.29. The summed E-state index contributed by atoms with van der Waals surface area (Å²) in [6, 6.07) is 0. The average molecular weight is 283 g/mol. The molecule has 0 aromatic carbocycles. The Kier molecular flexibility index (Phi) is 11.4. The minimum Gasteiger partial charge on any atom is -0.316 e. The van der Waals surface area contributed by atoms with Crippen LogP contribution in [0.3, 0.4) is 0 Å². The molecule has 0 radical (unpaired) electrons. The van der Waals surface area contributed by atoms with Crippen LogP contribution in [-0.4, -0.2) is 37.6 Å². The summed E-state index contributed by atoms with van der Waals surface area (Å²) in [5.74, 6) is 0.901. The minimum absolute atomic E-state index is 0.901. The third-order valence-corrected chi connectivity index (χ3v) is 4.69. The summed E-state index contributed by atoms with van der Waals surface area (Å²) in [7, 11) is 0. The third-order valence-electron chi connectivity index (χ3n) is 4.69.